The first-order chi connectivity index (χ1) is 11.3. The fourth-order valence-corrected chi connectivity index (χ4v) is 3.22. The fourth-order valence-electron chi connectivity index (χ4n) is 2.67. The Morgan fingerprint density at radius 3 is 2.58 bits per heavy atom. The van der Waals surface area contributed by atoms with Gasteiger partial charge in [-0.3, -0.25) is 9.52 Å². The van der Waals surface area contributed by atoms with Crippen LogP contribution in [0.2, 0.25) is 0 Å². The molecule has 1 fully saturated rings. The predicted molar refractivity (Wildman–Crippen MR) is 91.4 cm³/mol. The Hall–Kier alpha value is -2.00. The molecule has 1 amide bonds. The SMILES string of the molecule is COc1cc(C(=O)N2CCNCC2C)cc(NS(C)(=O)=O)c1OC. The summed E-state index contributed by atoms with van der Waals surface area (Å²) in [5, 5.41) is 3.22. The molecule has 134 valence electrons. The maximum atomic E-state index is 12.8. The van der Waals surface area contributed by atoms with Crippen LogP contribution >= 0.6 is 0 Å². The number of carbonyl (C=O) groups excluding carboxylic acids is 1. The van der Waals surface area contributed by atoms with Crippen LogP contribution in [0.25, 0.3) is 0 Å². The van der Waals surface area contributed by atoms with E-state index in [0.717, 1.165) is 12.8 Å². The van der Waals surface area contributed by atoms with E-state index in [-0.39, 0.29) is 29.1 Å². The summed E-state index contributed by atoms with van der Waals surface area (Å²) in [4.78, 5) is 14.6. The fraction of sp³-hybridized carbons (Fsp3) is 0.533. The minimum Gasteiger partial charge on any atom is -0.493 e. The molecule has 1 aliphatic heterocycles. The van der Waals surface area contributed by atoms with E-state index >= 15 is 0 Å². The second-order valence-electron chi connectivity index (χ2n) is 5.69. The standard InChI is InChI=1S/C15H23N3O5S/c1-10-9-16-5-6-18(10)15(19)11-7-12(17-24(4,20)21)14(23-3)13(8-11)22-2/h7-8,10,16-17H,5-6,9H2,1-4H3. The van der Waals surface area contributed by atoms with Crippen molar-refractivity contribution < 1.29 is 22.7 Å². The highest BCUT2D eigenvalue weighted by Gasteiger charge is 2.26. The highest BCUT2D eigenvalue weighted by Crippen LogP contribution is 2.37. The van der Waals surface area contributed by atoms with E-state index in [4.69, 9.17) is 9.47 Å². The number of rotatable bonds is 5. The van der Waals surface area contributed by atoms with Crippen molar-refractivity contribution in [3.8, 4) is 11.5 Å². The van der Waals surface area contributed by atoms with Crippen LogP contribution in [0, 0.1) is 0 Å². The topological polar surface area (TPSA) is 97.0 Å². The molecular formula is C15H23N3O5S. The lowest BCUT2D eigenvalue weighted by Crippen LogP contribution is -2.52. The molecule has 0 aromatic heterocycles. The van der Waals surface area contributed by atoms with Gasteiger partial charge in [0.05, 0.1) is 26.2 Å². The van der Waals surface area contributed by atoms with Crippen LogP contribution in [0.1, 0.15) is 17.3 Å². The van der Waals surface area contributed by atoms with Crippen molar-refractivity contribution in [1.82, 2.24) is 10.2 Å². The summed E-state index contributed by atoms with van der Waals surface area (Å²) < 4.78 is 36.0. The van der Waals surface area contributed by atoms with Crippen LogP contribution in [0.3, 0.4) is 0 Å². The Morgan fingerprint density at radius 1 is 1.33 bits per heavy atom. The summed E-state index contributed by atoms with van der Waals surface area (Å²) in [6.45, 7) is 3.98. The number of sulfonamides is 1. The number of amides is 1. The zero-order valence-electron chi connectivity index (χ0n) is 14.3. The highest BCUT2D eigenvalue weighted by atomic mass is 32.2. The van der Waals surface area contributed by atoms with Crippen LogP contribution in [0.5, 0.6) is 11.5 Å². The molecule has 2 N–H and O–H groups in total. The van der Waals surface area contributed by atoms with E-state index in [0.29, 0.717) is 18.7 Å². The van der Waals surface area contributed by atoms with Gasteiger partial charge in [0.25, 0.3) is 5.91 Å². The van der Waals surface area contributed by atoms with E-state index in [9.17, 15) is 13.2 Å². The van der Waals surface area contributed by atoms with Crippen LogP contribution in [-0.2, 0) is 10.0 Å². The van der Waals surface area contributed by atoms with Gasteiger partial charge >= 0.3 is 0 Å². The monoisotopic (exact) mass is 357 g/mol. The molecular weight excluding hydrogens is 334 g/mol. The van der Waals surface area contributed by atoms with Crippen LogP contribution in [0.4, 0.5) is 5.69 Å². The van der Waals surface area contributed by atoms with Gasteiger partial charge in [-0.15, -0.1) is 0 Å². The zero-order valence-corrected chi connectivity index (χ0v) is 15.1. The first-order valence-corrected chi connectivity index (χ1v) is 9.41. The number of nitrogens with zero attached hydrogens (tertiary/aromatic N) is 1. The van der Waals surface area contributed by atoms with Gasteiger partial charge in [-0.1, -0.05) is 0 Å². The summed E-state index contributed by atoms with van der Waals surface area (Å²) in [6, 6.07) is 3.08. The number of hydrogen-bond donors (Lipinski definition) is 2. The smallest absolute Gasteiger partial charge is 0.254 e. The number of methoxy groups -OCH3 is 2. The van der Waals surface area contributed by atoms with Crippen molar-refractivity contribution in [2.45, 2.75) is 13.0 Å². The number of nitrogens with one attached hydrogen (secondary N) is 2. The summed E-state index contributed by atoms with van der Waals surface area (Å²) in [5.41, 5.74) is 0.512. The molecule has 8 nitrogen and oxygen atoms in total. The predicted octanol–water partition coefficient (Wildman–Crippen LogP) is 0.509. The van der Waals surface area contributed by atoms with Crippen LogP contribution in [0.15, 0.2) is 12.1 Å². The number of piperazine rings is 1. The molecule has 2 rings (SSSR count). The third kappa shape index (κ3) is 4.09. The van der Waals surface area contributed by atoms with Gasteiger partial charge in [-0.25, -0.2) is 8.42 Å². The second-order valence-corrected chi connectivity index (χ2v) is 7.43. The van der Waals surface area contributed by atoms with Crippen molar-refractivity contribution in [2.75, 3.05) is 44.8 Å². The summed E-state index contributed by atoms with van der Waals surface area (Å²) in [7, 11) is -0.691. The summed E-state index contributed by atoms with van der Waals surface area (Å²) in [6.07, 6.45) is 1.03. The summed E-state index contributed by atoms with van der Waals surface area (Å²) >= 11 is 0. The van der Waals surface area contributed by atoms with Gasteiger partial charge < -0.3 is 19.7 Å². The highest BCUT2D eigenvalue weighted by molar-refractivity contribution is 7.92. The average molecular weight is 357 g/mol. The van der Waals surface area contributed by atoms with Gasteiger partial charge in [0.1, 0.15) is 0 Å². The van der Waals surface area contributed by atoms with Crippen LogP contribution < -0.4 is 19.5 Å². The molecule has 24 heavy (non-hydrogen) atoms. The molecule has 0 spiro atoms. The Morgan fingerprint density at radius 2 is 2.04 bits per heavy atom. The molecule has 1 unspecified atom stereocenters. The van der Waals surface area contributed by atoms with Gasteiger partial charge in [-0.2, -0.15) is 0 Å². The first kappa shape index (κ1) is 18.3. The molecule has 1 saturated heterocycles. The van der Waals surface area contributed by atoms with Gasteiger partial charge in [0.15, 0.2) is 11.5 Å². The van der Waals surface area contributed by atoms with E-state index in [2.05, 4.69) is 10.0 Å². The summed E-state index contributed by atoms with van der Waals surface area (Å²) in [5.74, 6) is 0.339. The van der Waals surface area contributed by atoms with Crippen molar-refractivity contribution in [2.24, 2.45) is 0 Å². The zero-order chi connectivity index (χ0) is 17.9. The number of benzene rings is 1. The number of carbonyl (C=O) groups is 1. The molecule has 1 aromatic carbocycles. The third-order valence-electron chi connectivity index (χ3n) is 3.78. The lowest BCUT2D eigenvalue weighted by molar-refractivity contribution is 0.0655. The molecule has 0 bridgehead atoms. The third-order valence-corrected chi connectivity index (χ3v) is 4.37. The van der Waals surface area contributed by atoms with Gasteiger partial charge in [0.2, 0.25) is 10.0 Å². The van der Waals surface area contributed by atoms with E-state index in [1.165, 1.54) is 20.3 Å². The molecule has 1 atom stereocenters. The Balaban J connectivity index is 2.46. The molecule has 0 radical (unpaired) electrons. The quantitative estimate of drug-likeness (QED) is 0.797. The Labute approximate surface area is 142 Å². The van der Waals surface area contributed by atoms with Gasteiger partial charge in [0, 0.05) is 31.2 Å². The molecule has 1 aliphatic rings. The number of anilines is 1. The van der Waals surface area contributed by atoms with Gasteiger partial charge in [-0.05, 0) is 19.1 Å². The maximum absolute atomic E-state index is 12.8. The average Bonchev–Trinajstić information content (AvgIpc) is 2.52. The minimum absolute atomic E-state index is 0.0469. The van der Waals surface area contributed by atoms with Crippen molar-refractivity contribution in [1.29, 1.82) is 0 Å². The second kappa shape index (κ2) is 7.27. The lowest BCUT2D eigenvalue weighted by Gasteiger charge is -2.34. The molecule has 0 aliphatic carbocycles. The Kier molecular flexibility index (Phi) is 5.55. The Bertz CT molecular complexity index is 720. The number of ether oxygens (including phenoxy) is 2. The molecule has 1 heterocycles. The minimum atomic E-state index is -3.53. The first-order valence-electron chi connectivity index (χ1n) is 7.52. The van der Waals surface area contributed by atoms with E-state index in [1.807, 2.05) is 6.92 Å². The molecule has 9 heteroatoms. The van der Waals surface area contributed by atoms with E-state index < -0.39 is 10.0 Å². The normalized spacial score (nSPS) is 18.2. The van der Waals surface area contributed by atoms with Crippen molar-refractivity contribution in [3.63, 3.8) is 0 Å². The maximum Gasteiger partial charge on any atom is 0.254 e. The van der Waals surface area contributed by atoms with E-state index in [1.54, 1.807) is 11.0 Å². The van der Waals surface area contributed by atoms with Crippen LogP contribution in [-0.4, -0.2) is 65.4 Å². The molecule has 0 saturated carbocycles. The lowest BCUT2D eigenvalue weighted by atomic mass is 10.1. The van der Waals surface area contributed by atoms with Crippen molar-refractivity contribution in [3.05, 3.63) is 17.7 Å². The number of hydrogen-bond acceptors (Lipinski definition) is 6. The largest absolute Gasteiger partial charge is 0.493 e. The van der Waals surface area contributed by atoms with Crippen molar-refractivity contribution >= 4 is 21.6 Å². The molecule has 1 aromatic rings.